The van der Waals surface area contributed by atoms with Crippen LogP contribution in [0, 0.1) is 0 Å². The van der Waals surface area contributed by atoms with Crippen molar-refractivity contribution in [3.63, 3.8) is 0 Å². The molecule has 174 valence electrons. The highest BCUT2D eigenvalue weighted by Crippen LogP contribution is 2.44. The maximum absolute atomic E-state index is 13.2. The van der Waals surface area contributed by atoms with Crippen LogP contribution in [0.5, 0.6) is 0 Å². The highest BCUT2D eigenvalue weighted by Gasteiger charge is 2.36. The quantitative estimate of drug-likeness (QED) is 0.268. The predicted octanol–water partition coefficient (Wildman–Crippen LogP) is 3.51. The van der Waals surface area contributed by atoms with Gasteiger partial charge in [-0.25, -0.2) is 0 Å². The van der Waals surface area contributed by atoms with Gasteiger partial charge < -0.3 is 20.0 Å². The van der Waals surface area contributed by atoms with Crippen LogP contribution < -0.4 is 14.4 Å². The summed E-state index contributed by atoms with van der Waals surface area (Å²) in [6.07, 6.45) is 3.76. The first-order valence-electron chi connectivity index (χ1n) is 11.3. The molecule has 0 saturated heterocycles. The van der Waals surface area contributed by atoms with Gasteiger partial charge in [0.2, 0.25) is 5.52 Å². The second kappa shape index (κ2) is 9.38. The molecule has 1 aliphatic heterocycles. The van der Waals surface area contributed by atoms with Crippen molar-refractivity contribution in [3.8, 4) is 0 Å². The second-order valence-corrected chi connectivity index (χ2v) is 9.55. The Balaban J connectivity index is 1.55. The number of carbonyl (C=O) groups is 1. The fourth-order valence-corrected chi connectivity index (χ4v) is 6.05. The molecular formula is C26H26N3O3S2+. The van der Waals surface area contributed by atoms with Crippen molar-refractivity contribution >= 4 is 57.4 Å². The molecular weight excluding hydrogens is 466 g/mol. The SMILES string of the molecule is CCN1C(=CC2=C(S)C(=Cc3sc4ccccc4[n+]3CCO)C2=O)N(CCO)c2ccccc21. The fourth-order valence-electron chi connectivity index (χ4n) is 4.59. The lowest BCUT2D eigenvalue weighted by molar-refractivity contribution is -0.670. The van der Waals surface area contributed by atoms with E-state index in [0.29, 0.717) is 29.1 Å². The van der Waals surface area contributed by atoms with Crippen LogP contribution in [-0.2, 0) is 11.3 Å². The molecule has 5 rings (SSSR count). The number of ketones is 1. The molecule has 1 aliphatic carbocycles. The molecule has 2 N–H and O–H groups in total. The Bertz CT molecular complexity index is 1370. The zero-order chi connectivity index (χ0) is 23.8. The molecule has 6 nitrogen and oxygen atoms in total. The average Bonchev–Trinajstić information content (AvgIpc) is 3.36. The molecule has 0 fully saturated rings. The van der Waals surface area contributed by atoms with Gasteiger partial charge in [0.25, 0.3) is 5.01 Å². The van der Waals surface area contributed by atoms with Crippen molar-refractivity contribution in [2.24, 2.45) is 0 Å². The molecule has 3 aromatic rings. The number of carbonyl (C=O) groups excluding carboxylic acids is 1. The lowest BCUT2D eigenvalue weighted by Crippen LogP contribution is -2.37. The van der Waals surface area contributed by atoms with Crippen LogP contribution in [0.25, 0.3) is 16.3 Å². The smallest absolute Gasteiger partial charge is 0.263 e. The van der Waals surface area contributed by atoms with Crippen LogP contribution in [-0.4, -0.2) is 42.3 Å². The number of aliphatic hydroxyl groups excluding tert-OH is 2. The summed E-state index contributed by atoms with van der Waals surface area (Å²) in [4.78, 5) is 18.1. The van der Waals surface area contributed by atoms with E-state index in [4.69, 9.17) is 12.6 Å². The topological polar surface area (TPSA) is 67.9 Å². The van der Waals surface area contributed by atoms with Crippen molar-refractivity contribution in [3.05, 3.63) is 81.5 Å². The molecule has 0 radical (unpaired) electrons. The van der Waals surface area contributed by atoms with Crippen LogP contribution in [0.2, 0.25) is 0 Å². The number of thiazole rings is 1. The number of para-hydroxylation sites is 3. The van der Waals surface area contributed by atoms with E-state index in [2.05, 4.69) is 17.9 Å². The Morgan fingerprint density at radius 1 is 1.00 bits per heavy atom. The van der Waals surface area contributed by atoms with E-state index in [1.165, 1.54) is 0 Å². The lowest BCUT2D eigenvalue weighted by atomic mass is 9.89. The van der Waals surface area contributed by atoms with Crippen molar-refractivity contribution in [2.45, 2.75) is 13.5 Å². The monoisotopic (exact) mass is 492 g/mol. The molecule has 2 aliphatic rings. The Morgan fingerprint density at radius 2 is 1.71 bits per heavy atom. The number of rotatable bonds is 7. The third kappa shape index (κ3) is 3.67. The summed E-state index contributed by atoms with van der Waals surface area (Å²) in [5.41, 5.74) is 4.25. The Kier molecular flexibility index (Phi) is 6.31. The zero-order valence-electron chi connectivity index (χ0n) is 18.8. The summed E-state index contributed by atoms with van der Waals surface area (Å²) < 4.78 is 3.14. The van der Waals surface area contributed by atoms with Crippen LogP contribution in [0.15, 0.2) is 76.5 Å². The number of β-amino-alcohol motifs (C(OH)–C–C–N with tert-alkyl or cyclic N) is 1. The van der Waals surface area contributed by atoms with Gasteiger partial charge in [0.15, 0.2) is 12.3 Å². The van der Waals surface area contributed by atoms with Gasteiger partial charge in [0.05, 0.1) is 18.0 Å². The van der Waals surface area contributed by atoms with Crippen molar-refractivity contribution in [2.75, 3.05) is 36.1 Å². The van der Waals surface area contributed by atoms with E-state index in [0.717, 1.165) is 39.0 Å². The number of aliphatic hydroxyl groups is 2. The van der Waals surface area contributed by atoms with Gasteiger partial charge in [-0.1, -0.05) is 35.6 Å². The number of thiol groups is 1. The maximum atomic E-state index is 13.2. The molecule has 2 aromatic carbocycles. The zero-order valence-corrected chi connectivity index (χ0v) is 20.5. The van der Waals surface area contributed by atoms with E-state index in [9.17, 15) is 15.0 Å². The summed E-state index contributed by atoms with van der Waals surface area (Å²) in [5.74, 6) is 0.811. The third-order valence-corrected chi connectivity index (χ3v) is 7.75. The molecule has 8 heteroatoms. The Morgan fingerprint density at radius 3 is 2.38 bits per heavy atom. The van der Waals surface area contributed by atoms with E-state index < -0.39 is 0 Å². The summed E-state index contributed by atoms with van der Waals surface area (Å²) in [6, 6.07) is 16.1. The maximum Gasteiger partial charge on any atom is 0.263 e. The number of aromatic nitrogens is 1. The molecule has 2 heterocycles. The summed E-state index contributed by atoms with van der Waals surface area (Å²) in [7, 11) is 0. The molecule has 1 aromatic heterocycles. The number of hydrogen-bond donors (Lipinski definition) is 3. The lowest BCUT2D eigenvalue weighted by Gasteiger charge is -2.27. The Labute approximate surface area is 207 Å². The largest absolute Gasteiger partial charge is 0.395 e. The number of Topliss-reactive ketones (excluding diaryl/α,β-unsaturated/α-hetero) is 1. The van der Waals surface area contributed by atoms with Crippen molar-refractivity contribution < 1.29 is 19.6 Å². The van der Waals surface area contributed by atoms with Crippen LogP contribution in [0.3, 0.4) is 0 Å². The summed E-state index contributed by atoms with van der Waals surface area (Å²) >= 11 is 6.28. The van der Waals surface area contributed by atoms with E-state index >= 15 is 0 Å². The number of benzene rings is 2. The normalized spacial score (nSPS) is 17.9. The highest BCUT2D eigenvalue weighted by molar-refractivity contribution is 7.85. The van der Waals surface area contributed by atoms with Gasteiger partial charge >= 0.3 is 0 Å². The van der Waals surface area contributed by atoms with Crippen molar-refractivity contribution in [1.29, 1.82) is 0 Å². The molecule has 0 bridgehead atoms. The second-order valence-electron chi connectivity index (χ2n) is 8.04. The molecule has 0 atom stereocenters. The standard InChI is InChI=1S/C26H25N3O3S2/c1-2-27-19-7-3-4-8-20(19)28(11-13-30)23(27)15-17-25(32)18(26(17)33)16-24-29(12-14-31)21-9-5-6-10-22(21)34-24/h3-10,15-16,30-31H,2,11-14H2,1H3/p+1. The van der Waals surface area contributed by atoms with Gasteiger partial charge in [-0.05, 0) is 31.2 Å². The first-order valence-corrected chi connectivity index (χ1v) is 12.5. The molecule has 34 heavy (non-hydrogen) atoms. The van der Waals surface area contributed by atoms with Gasteiger partial charge in [-0.15, -0.1) is 12.6 Å². The van der Waals surface area contributed by atoms with Crippen molar-refractivity contribution in [1.82, 2.24) is 0 Å². The highest BCUT2D eigenvalue weighted by atomic mass is 32.1. The number of nitrogens with zero attached hydrogens (tertiary/aromatic N) is 3. The number of allylic oxidation sites excluding steroid dienone is 3. The van der Waals surface area contributed by atoms with Crippen LogP contribution in [0.4, 0.5) is 11.4 Å². The van der Waals surface area contributed by atoms with Crippen LogP contribution >= 0.6 is 24.0 Å². The minimum atomic E-state index is -0.0542. The summed E-state index contributed by atoms with van der Waals surface area (Å²) in [5, 5.41) is 20.1. The minimum Gasteiger partial charge on any atom is -0.395 e. The fraction of sp³-hybridized carbons (Fsp3) is 0.231. The van der Waals surface area contributed by atoms with Gasteiger partial charge in [0, 0.05) is 41.3 Å². The average molecular weight is 493 g/mol. The first-order chi connectivity index (χ1) is 16.6. The minimum absolute atomic E-state index is 0.00586. The van der Waals surface area contributed by atoms with Gasteiger partial charge in [-0.2, -0.15) is 4.57 Å². The number of anilines is 2. The predicted molar refractivity (Wildman–Crippen MR) is 140 cm³/mol. The van der Waals surface area contributed by atoms with E-state index in [1.807, 2.05) is 64.1 Å². The number of hydrogen-bond acceptors (Lipinski definition) is 7. The number of fused-ring (bicyclic) bond motifs is 2. The molecule has 0 amide bonds. The molecule has 0 spiro atoms. The molecule has 0 unspecified atom stereocenters. The van der Waals surface area contributed by atoms with Crippen LogP contribution in [0.1, 0.15) is 11.9 Å². The first kappa shape index (κ1) is 22.9. The van der Waals surface area contributed by atoms with Gasteiger partial charge in [0.1, 0.15) is 17.1 Å². The molecule has 0 saturated carbocycles. The Hall–Kier alpha value is -2.91. The third-order valence-electron chi connectivity index (χ3n) is 6.16. The van der Waals surface area contributed by atoms with E-state index in [-0.39, 0.29) is 19.0 Å². The van der Waals surface area contributed by atoms with E-state index in [1.54, 1.807) is 11.3 Å². The van der Waals surface area contributed by atoms with Gasteiger partial charge in [-0.3, -0.25) is 4.79 Å². The summed E-state index contributed by atoms with van der Waals surface area (Å²) in [6.45, 7) is 3.72.